The third-order valence-corrected chi connectivity index (χ3v) is 6.98. The van der Waals surface area contributed by atoms with Crippen LogP contribution in [0.1, 0.15) is 9.67 Å². The molecule has 2 aromatic rings. The highest BCUT2D eigenvalue weighted by Crippen LogP contribution is 2.34. The van der Waals surface area contributed by atoms with E-state index in [0.717, 1.165) is 11.3 Å². The fourth-order valence-corrected chi connectivity index (χ4v) is 5.03. The molecule has 1 aromatic carbocycles. The molecule has 2 aliphatic rings. The van der Waals surface area contributed by atoms with E-state index in [4.69, 9.17) is 16.3 Å². The number of likely N-dealkylation sites (tertiary alicyclic amines) is 1. The van der Waals surface area contributed by atoms with E-state index < -0.39 is 36.5 Å². The number of hydrogen-bond donors (Lipinski definition) is 2. The van der Waals surface area contributed by atoms with Gasteiger partial charge in [-0.05, 0) is 36.4 Å². The molecule has 0 saturated carbocycles. The Hall–Kier alpha value is -2.67. The average Bonchev–Trinajstić information content (AvgIpc) is 3.41. The summed E-state index contributed by atoms with van der Waals surface area (Å²) in [5.41, 5.74) is 1.11. The molecule has 0 aliphatic carbocycles. The Morgan fingerprint density at radius 2 is 1.89 bits per heavy atom. The van der Waals surface area contributed by atoms with Gasteiger partial charge >= 0.3 is 6.18 Å². The van der Waals surface area contributed by atoms with Crippen molar-refractivity contribution in [2.45, 2.75) is 12.2 Å². The van der Waals surface area contributed by atoms with Crippen molar-refractivity contribution < 1.29 is 32.3 Å². The van der Waals surface area contributed by atoms with Crippen LogP contribution in [-0.2, 0) is 14.3 Å². The molecule has 2 N–H and O–H groups in total. The lowest BCUT2D eigenvalue weighted by Gasteiger charge is -2.27. The molecular formula is C22H22ClF3N4O4S. The van der Waals surface area contributed by atoms with Crippen LogP contribution < -0.4 is 15.5 Å². The number of morpholine rings is 1. The minimum absolute atomic E-state index is 0.00968. The van der Waals surface area contributed by atoms with Gasteiger partial charge in [0, 0.05) is 31.0 Å². The molecule has 2 fully saturated rings. The van der Waals surface area contributed by atoms with Crippen LogP contribution in [0.15, 0.2) is 36.4 Å². The summed E-state index contributed by atoms with van der Waals surface area (Å²) < 4.78 is 46.3. The summed E-state index contributed by atoms with van der Waals surface area (Å²) in [4.78, 5) is 40.0. The van der Waals surface area contributed by atoms with Gasteiger partial charge < -0.3 is 20.3 Å². The third kappa shape index (κ3) is 6.31. The van der Waals surface area contributed by atoms with E-state index in [-0.39, 0.29) is 30.5 Å². The van der Waals surface area contributed by atoms with Gasteiger partial charge in [0.25, 0.3) is 11.8 Å². The number of benzene rings is 1. The van der Waals surface area contributed by atoms with E-state index in [1.807, 2.05) is 0 Å². The maximum atomic E-state index is 13.6. The van der Waals surface area contributed by atoms with Gasteiger partial charge in [0.05, 0.1) is 34.3 Å². The van der Waals surface area contributed by atoms with Crippen molar-refractivity contribution in [1.82, 2.24) is 10.2 Å². The SMILES string of the molecule is O=C(CN1CC(NC(=O)c2ccc(Cl)s2)C(C(F)(F)F)C1)Nc1ccc(N2CCOCC2=O)cc1. The zero-order valence-electron chi connectivity index (χ0n) is 18.3. The number of amides is 3. The molecule has 3 heterocycles. The number of nitrogens with zero attached hydrogens (tertiary/aromatic N) is 2. The predicted octanol–water partition coefficient (Wildman–Crippen LogP) is 3.00. The number of thiophene rings is 1. The standard InChI is InChI=1S/C22H22ClF3N4O4S/c23-18-6-5-17(35-18)21(33)28-16-10-29(9-15(16)22(24,25)26)11-19(31)27-13-1-3-14(4-2-13)30-7-8-34-12-20(30)32/h1-6,15-16H,7-12H2,(H,27,31)(H,28,33). The molecule has 8 nitrogen and oxygen atoms in total. The topological polar surface area (TPSA) is 91.0 Å². The van der Waals surface area contributed by atoms with Crippen molar-refractivity contribution >= 4 is 52.0 Å². The van der Waals surface area contributed by atoms with Crippen LogP contribution in [0.2, 0.25) is 4.34 Å². The monoisotopic (exact) mass is 530 g/mol. The molecule has 4 rings (SSSR count). The van der Waals surface area contributed by atoms with Crippen LogP contribution in [0.3, 0.4) is 0 Å². The fraction of sp³-hybridized carbons (Fsp3) is 0.409. The molecule has 1 aromatic heterocycles. The van der Waals surface area contributed by atoms with Crippen molar-refractivity contribution in [3.05, 3.63) is 45.6 Å². The molecule has 3 amide bonds. The van der Waals surface area contributed by atoms with Crippen molar-refractivity contribution in [3.63, 3.8) is 0 Å². The summed E-state index contributed by atoms with van der Waals surface area (Å²) in [5, 5.41) is 5.10. The van der Waals surface area contributed by atoms with Crippen LogP contribution in [0.4, 0.5) is 24.5 Å². The number of halogens is 4. The number of hydrogen-bond acceptors (Lipinski definition) is 6. The first-order valence-electron chi connectivity index (χ1n) is 10.7. The molecule has 0 bridgehead atoms. The van der Waals surface area contributed by atoms with Crippen molar-refractivity contribution in [3.8, 4) is 0 Å². The summed E-state index contributed by atoms with van der Waals surface area (Å²) >= 11 is 6.78. The quantitative estimate of drug-likeness (QED) is 0.599. The van der Waals surface area contributed by atoms with Gasteiger partial charge in [-0.1, -0.05) is 11.6 Å². The lowest BCUT2D eigenvalue weighted by molar-refractivity contribution is -0.174. The van der Waals surface area contributed by atoms with Gasteiger partial charge in [0.1, 0.15) is 6.61 Å². The molecule has 0 radical (unpaired) electrons. The second kappa shape index (κ2) is 10.5. The van der Waals surface area contributed by atoms with Crippen LogP contribution in [0, 0.1) is 5.92 Å². The van der Waals surface area contributed by atoms with E-state index in [1.165, 1.54) is 17.0 Å². The largest absolute Gasteiger partial charge is 0.395 e. The first kappa shape index (κ1) is 25.4. The van der Waals surface area contributed by atoms with Crippen LogP contribution in [-0.4, -0.2) is 74.2 Å². The van der Waals surface area contributed by atoms with Crippen molar-refractivity contribution in [2.24, 2.45) is 5.92 Å². The number of carbonyl (C=O) groups is 3. The minimum Gasteiger partial charge on any atom is -0.370 e. The summed E-state index contributed by atoms with van der Waals surface area (Å²) in [6.07, 6.45) is -4.54. The van der Waals surface area contributed by atoms with Crippen molar-refractivity contribution in [1.29, 1.82) is 0 Å². The number of anilines is 2. The normalized spacial score (nSPS) is 21.3. The van der Waals surface area contributed by atoms with Gasteiger partial charge in [-0.25, -0.2) is 0 Å². The smallest absolute Gasteiger partial charge is 0.370 e. The van der Waals surface area contributed by atoms with Gasteiger partial charge in [-0.15, -0.1) is 11.3 Å². The Labute approximate surface area is 208 Å². The number of nitrogens with one attached hydrogen (secondary N) is 2. The van der Waals surface area contributed by atoms with Gasteiger partial charge in [-0.2, -0.15) is 13.2 Å². The lowest BCUT2D eigenvalue weighted by Crippen LogP contribution is -2.45. The van der Waals surface area contributed by atoms with Crippen LogP contribution in [0.5, 0.6) is 0 Å². The zero-order valence-corrected chi connectivity index (χ0v) is 19.9. The Morgan fingerprint density at radius 1 is 1.14 bits per heavy atom. The average molecular weight is 531 g/mol. The summed E-state index contributed by atoms with van der Waals surface area (Å²) in [6.45, 7) is 0.0630. The summed E-state index contributed by atoms with van der Waals surface area (Å²) in [6, 6.07) is 8.35. The fourth-order valence-electron chi connectivity index (χ4n) is 4.09. The molecule has 35 heavy (non-hydrogen) atoms. The number of rotatable bonds is 6. The van der Waals surface area contributed by atoms with E-state index in [1.54, 1.807) is 29.2 Å². The molecule has 2 unspecified atom stereocenters. The molecule has 2 aliphatic heterocycles. The van der Waals surface area contributed by atoms with Gasteiger partial charge in [0.2, 0.25) is 5.91 Å². The highest BCUT2D eigenvalue weighted by molar-refractivity contribution is 7.18. The summed E-state index contributed by atoms with van der Waals surface area (Å²) in [7, 11) is 0. The van der Waals surface area contributed by atoms with Gasteiger partial charge in [0.15, 0.2) is 0 Å². The highest BCUT2D eigenvalue weighted by atomic mass is 35.5. The first-order chi connectivity index (χ1) is 16.6. The molecule has 0 spiro atoms. The Bertz CT molecular complexity index is 1100. The molecule has 13 heteroatoms. The second-order valence-electron chi connectivity index (χ2n) is 8.22. The number of carbonyl (C=O) groups excluding carboxylic acids is 3. The molecule has 188 valence electrons. The Morgan fingerprint density at radius 3 is 2.51 bits per heavy atom. The van der Waals surface area contributed by atoms with E-state index >= 15 is 0 Å². The number of alkyl halides is 3. The third-order valence-electron chi connectivity index (χ3n) is 5.75. The molecule has 2 saturated heterocycles. The maximum Gasteiger partial charge on any atom is 0.395 e. The van der Waals surface area contributed by atoms with E-state index in [9.17, 15) is 27.6 Å². The van der Waals surface area contributed by atoms with E-state index in [2.05, 4.69) is 10.6 Å². The Kier molecular flexibility index (Phi) is 7.64. The van der Waals surface area contributed by atoms with Crippen molar-refractivity contribution in [2.75, 3.05) is 49.6 Å². The van der Waals surface area contributed by atoms with E-state index in [0.29, 0.717) is 28.9 Å². The van der Waals surface area contributed by atoms with Gasteiger partial charge in [-0.3, -0.25) is 19.3 Å². The van der Waals surface area contributed by atoms with Crippen LogP contribution in [0.25, 0.3) is 0 Å². The molecule has 2 atom stereocenters. The molecular weight excluding hydrogens is 509 g/mol. The summed E-state index contributed by atoms with van der Waals surface area (Å²) in [5.74, 6) is -3.09. The first-order valence-corrected chi connectivity index (χ1v) is 11.9. The highest BCUT2D eigenvalue weighted by Gasteiger charge is 2.50. The predicted molar refractivity (Wildman–Crippen MR) is 125 cm³/mol. The maximum absolute atomic E-state index is 13.6. The Balaban J connectivity index is 1.34. The second-order valence-corrected chi connectivity index (χ2v) is 9.93. The minimum atomic E-state index is -4.54. The lowest BCUT2D eigenvalue weighted by atomic mass is 10.0. The number of ether oxygens (including phenoxy) is 1. The van der Waals surface area contributed by atoms with Crippen LogP contribution >= 0.6 is 22.9 Å². The zero-order chi connectivity index (χ0) is 25.2.